The van der Waals surface area contributed by atoms with Crippen molar-refractivity contribution in [1.29, 1.82) is 5.26 Å². The first-order chi connectivity index (χ1) is 11.2. The molecule has 1 saturated carbocycles. The van der Waals surface area contributed by atoms with Gasteiger partial charge in [0.1, 0.15) is 6.07 Å². The molecular formula is C16H15N7. The van der Waals surface area contributed by atoms with Gasteiger partial charge in [0, 0.05) is 23.5 Å². The highest BCUT2D eigenvalue weighted by Gasteiger charge is 2.23. The summed E-state index contributed by atoms with van der Waals surface area (Å²) in [7, 11) is 0. The van der Waals surface area contributed by atoms with Gasteiger partial charge >= 0.3 is 0 Å². The minimum atomic E-state index is 0.398. The van der Waals surface area contributed by atoms with E-state index in [1.807, 2.05) is 30.3 Å². The highest BCUT2D eigenvalue weighted by Crippen LogP contribution is 2.29. The van der Waals surface area contributed by atoms with Gasteiger partial charge in [-0.1, -0.05) is 6.07 Å². The van der Waals surface area contributed by atoms with Crippen molar-refractivity contribution >= 4 is 28.5 Å². The van der Waals surface area contributed by atoms with Gasteiger partial charge in [-0.3, -0.25) is 0 Å². The molecule has 2 aromatic heterocycles. The van der Waals surface area contributed by atoms with E-state index in [-0.39, 0.29) is 0 Å². The summed E-state index contributed by atoms with van der Waals surface area (Å²) < 4.78 is 1.55. The first-order valence-corrected chi connectivity index (χ1v) is 7.41. The average molecular weight is 305 g/mol. The Balaban J connectivity index is 1.77. The van der Waals surface area contributed by atoms with Crippen LogP contribution in [0.2, 0.25) is 0 Å². The lowest BCUT2D eigenvalue weighted by Gasteiger charge is -2.11. The van der Waals surface area contributed by atoms with Gasteiger partial charge in [-0.05, 0) is 31.0 Å². The number of fused-ring (bicyclic) bond motifs is 1. The molecule has 3 aromatic rings. The monoisotopic (exact) mass is 305 g/mol. The summed E-state index contributed by atoms with van der Waals surface area (Å²) in [5, 5.41) is 20.3. The number of nitrogens with one attached hydrogen (secondary N) is 2. The molecule has 4 N–H and O–H groups in total. The Labute approximate surface area is 132 Å². The minimum Gasteiger partial charge on any atom is -0.399 e. The molecule has 2 heterocycles. The Morgan fingerprint density at radius 3 is 2.91 bits per heavy atom. The molecule has 7 heteroatoms. The fraction of sp³-hybridized carbons (Fsp3) is 0.188. The van der Waals surface area contributed by atoms with E-state index >= 15 is 0 Å². The molecule has 0 amide bonds. The number of nitrogens with zero attached hydrogens (tertiary/aromatic N) is 4. The van der Waals surface area contributed by atoms with E-state index in [9.17, 15) is 5.26 Å². The quantitative estimate of drug-likeness (QED) is 0.640. The molecular weight excluding hydrogens is 290 g/mol. The molecule has 0 atom stereocenters. The van der Waals surface area contributed by atoms with Crippen LogP contribution in [0.5, 0.6) is 0 Å². The number of nitrogen functional groups attached to an aromatic ring is 1. The van der Waals surface area contributed by atoms with Crippen LogP contribution in [0.15, 0.2) is 36.5 Å². The van der Waals surface area contributed by atoms with E-state index in [4.69, 9.17) is 5.73 Å². The molecule has 1 aromatic carbocycles. The van der Waals surface area contributed by atoms with Crippen molar-refractivity contribution in [3.05, 3.63) is 42.2 Å². The van der Waals surface area contributed by atoms with Crippen molar-refractivity contribution in [2.24, 2.45) is 0 Å². The number of imidazole rings is 1. The number of nitrogens with two attached hydrogens (primary N) is 1. The molecule has 0 radical (unpaired) electrons. The molecule has 4 rings (SSSR count). The fourth-order valence-electron chi connectivity index (χ4n) is 2.42. The van der Waals surface area contributed by atoms with Crippen LogP contribution in [0.1, 0.15) is 18.5 Å². The van der Waals surface area contributed by atoms with Gasteiger partial charge in [0.15, 0.2) is 17.2 Å². The van der Waals surface area contributed by atoms with E-state index in [1.54, 1.807) is 4.52 Å². The number of nitriles is 1. The second kappa shape index (κ2) is 5.18. The van der Waals surface area contributed by atoms with Crippen LogP contribution in [0.25, 0.3) is 5.65 Å². The summed E-state index contributed by atoms with van der Waals surface area (Å²) in [6.07, 6.45) is 3.83. The molecule has 1 aliphatic carbocycles. The predicted octanol–water partition coefficient (Wildman–Crippen LogP) is 2.50. The van der Waals surface area contributed by atoms with E-state index in [0.717, 1.165) is 24.2 Å². The Morgan fingerprint density at radius 1 is 1.30 bits per heavy atom. The molecule has 0 aliphatic heterocycles. The summed E-state index contributed by atoms with van der Waals surface area (Å²) in [6.45, 7) is 0. The van der Waals surface area contributed by atoms with Crippen molar-refractivity contribution in [2.45, 2.75) is 18.9 Å². The molecule has 1 fully saturated rings. The maximum Gasteiger partial charge on any atom is 0.178 e. The lowest BCUT2D eigenvalue weighted by Crippen LogP contribution is -2.07. The van der Waals surface area contributed by atoms with Crippen molar-refractivity contribution in [2.75, 3.05) is 16.4 Å². The van der Waals surface area contributed by atoms with Gasteiger partial charge in [0.2, 0.25) is 0 Å². The van der Waals surface area contributed by atoms with E-state index in [2.05, 4.69) is 26.8 Å². The zero-order valence-corrected chi connectivity index (χ0v) is 12.3. The largest absolute Gasteiger partial charge is 0.399 e. The summed E-state index contributed by atoms with van der Waals surface area (Å²) in [5.41, 5.74) is 9.25. The van der Waals surface area contributed by atoms with Crippen LogP contribution in [-0.2, 0) is 0 Å². The Morgan fingerprint density at radius 2 is 2.17 bits per heavy atom. The normalized spacial score (nSPS) is 13.7. The first kappa shape index (κ1) is 13.4. The number of aromatic nitrogens is 3. The van der Waals surface area contributed by atoms with Gasteiger partial charge in [-0.25, -0.2) is 4.98 Å². The third-order valence-corrected chi connectivity index (χ3v) is 3.68. The Bertz CT molecular complexity index is 918. The summed E-state index contributed by atoms with van der Waals surface area (Å²) in [4.78, 5) is 4.30. The number of rotatable bonds is 4. The predicted molar refractivity (Wildman–Crippen MR) is 88.5 cm³/mol. The third kappa shape index (κ3) is 2.62. The van der Waals surface area contributed by atoms with Crippen molar-refractivity contribution in [3.63, 3.8) is 0 Å². The smallest absolute Gasteiger partial charge is 0.178 e. The molecule has 0 bridgehead atoms. The highest BCUT2D eigenvalue weighted by atomic mass is 15.3. The number of hydrogen-bond acceptors (Lipinski definition) is 6. The lowest BCUT2D eigenvalue weighted by atomic mass is 10.3. The number of benzene rings is 1. The van der Waals surface area contributed by atoms with Crippen molar-refractivity contribution < 1.29 is 0 Å². The molecule has 0 saturated heterocycles. The lowest BCUT2D eigenvalue weighted by molar-refractivity contribution is 0.924. The zero-order valence-electron chi connectivity index (χ0n) is 12.3. The van der Waals surface area contributed by atoms with Gasteiger partial charge < -0.3 is 16.4 Å². The van der Waals surface area contributed by atoms with Crippen LogP contribution in [-0.4, -0.2) is 20.6 Å². The van der Waals surface area contributed by atoms with Crippen LogP contribution < -0.4 is 16.4 Å². The minimum absolute atomic E-state index is 0.398. The fourth-order valence-corrected chi connectivity index (χ4v) is 2.42. The van der Waals surface area contributed by atoms with Crippen LogP contribution in [0.3, 0.4) is 0 Å². The number of anilines is 4. The van der Waals surface area contributed by atoms with Gasteiger partial charge in [-0.2, -0.15) is 9.78 Å². The second-order valence-corrected chi connectivity index (χ2v) is 5.60. The third-order valence-electron chi connectivity index (χ3n) is 3.68. The first-order valence-electron chi connectivity index (χ1n) is 7.41. The van der Waals surface area contributed by atoms with Crippen LogP contribution in [0.4, 0.5) is 22.9 Å². The summed E-state index contributed by atoms with van der Waals surface area (Å²) in [6, 6.07) is 11.9. The van der Waals surface area contributed by atoms with Gasteiger partial charge in [0.05, 0.1) is 11.9 Å². The molecule has 23 heavy (non-hydrogen) atoms. The average Bonchev–Trinajstić information content (AvgIpc) is 3.24. The Kier molecular flexibility index (Phi) is 3.01. The zero-order chi connectivity index (χ0) is 15.8. The van der Waals surface area contributed by atoms with Crippen LogP contribution in [0, 0.1) is 11.3 Å². The molecule has 1 aliphatic rings. The topological polar surface area (TPSA) is 104 Å². The van der Waals surface area contributed by atoms with Crippen LogP contribution >= 0.6 is 0 Å². The summed E-state index contributed by atoms with van der Waals surface area (Å²) >= 11 is 0. The highest BCUT2D eigenvalue weighted by molar-refractivity contribution is 5.74. The summed E-state index contributed by atoms with van der Waals surface area (Å²) in [5.74, 6) is 0.626. The van der Waals surface area contributed by atoms with Crippen molar-refractivity contribution in [3.8, 4) is 6.07 Å². The van der Waals surface area contributed by atoms with Crippen molar-refractivity contribution in [1.82, 2.24) is 14.6 Å². The van der Waals surface area contributed by atoms with Gasteiger partial charge in [-0.15, -0.1) is 5.10 Å². The van der Waals surface area contributed by atoms with E-state index in [1.165, 1.54) is 6.20 Å². The number of hydrogen-bond donors (Lipinski definition) is 3. The van der Waals surface area contributed by atoms with Gasteiger partial charge in [0.25, 0.3) is 0 Å². The maximum absolute atomic E-state index is 9.22. The van der Waals surface area contributed by atoms with E-state index < -0.39 is 0 Å². The maximum atomic E-state index is 9.22. The molecule has 0 spiro atoms. The standard InChI is InChI=1S/C16H15N7/c17-8-13-9-19-16-14(20-11-4-5-11)7-15(22-23(13)16)21-12-3-1-2-10(18)6-12/h1-3,6-7,9,11,20H,4-5,18H2,(H,21,22). The molecule has 0 unspecified atom stereocenters. The molecule has 114 valence electrons. The SMILES string of the molecule is N#Cc1cnc2c(NC3CC3)cc(Nc3cccc(N)c3)nn12. The Hall–Kier alpha value is -3.27. The van der Waals surface area contributed by atoms with E-state index in [0.29, 0.717) is 28.9 Å². The molecule has 7 nitrogen and oxygen atoms in total. The second-order valence-electron chi connectivity index (χ2n) is 5.60.